The summed E-state index contributed by atoms with van der Waals surface area (Å²) in [5, 5.41) is 4.10. The highest BCUT2D eigenvalue weighted by Gasteiger charge is 2.22. The van der Waals surface area contributed by atoms with Crippen molar-refractivity contribution in [1.82, 2.24) is 5.32 Å². The number of piperidine rings is 1. The van der Waals surface area contributed by atoms with Crippen molar-refractivity contribution in [2.24, 2.45) is 0 Å². The monoisotopic (exact) mass is 269 g/mol. The SMILES string of the molecule is COc1cc(C2CCCNC2)c(C)c(Cl)c1OC. The van der Waals surface area contributed by atoms with Crippen molar-refractivity contribution in [1.29, 1.82) is 0 Å². The van der Waals surface area contributed by atoms with Crippen LogP contribution < -0.4 is 14.8 Å². The van der Waals surface area contributed by atoms with E-state index in [0.29, 0.717) is 22.4 Å². The van der Waals surface area contributed by atoms with Crippen LogP contribution in [0.1, 0.15) is 29.9 Å². The second-order valence-corrected chi connectivity index (χ2v) is 5.06. The maximum atomic E-state index is 6.38. The molecular formula is C14H20ClNO2. The fourth-order valence-corrected chi connectivity index (χ4v) is 2.88. The van der Waals surface area contributed by atoms with Gasteiger partial charge >= 0.3 is 0 Å². The Hall–Kier alpha value is -0.930. The Kier molecular flexibility index (Phi) is 4.36. The summed E-state index contributed by atoms with van der Waals surface area (Å²) in [4.78, 5) is 0. The number of nitrogens with one attached hydrogen (secondary N) is 1. The van der Waals surface area contributed by atoms with Gasteiger partial charge < -0.3 is 14.8 Å². The van der Waals surface area contributed by atoms with E-state index >= 15 is 0 Å². The average Bonchev–Trinajstić information content (AvgIpc) is 2.42. The molecule has 0 bridgehead atoms. The van der Waals surface area contributed by atoms with Crippen LogP contribution >= 0.6 is 11.6 Å². The van der Waals surface area contributed by atoms with Crippen LogP contribution in [0, 0.1) is 6.92 Å². The van der Waals surface area contributed by atoms with Crippen LogP contribution in [-0.2, 0) is 0 Å². The number of hydrogen-bond donors (Lipinski definition) is 1. The molecule has 0 radical (unpaired) electrons. The second-order valence-electron chi connectivity index (χ2n) is 4.68. The molecule has 0 amide bonds. The van der Waals surface area contributed by atoms with Crippen LogP contribution in [0.2, 0.25) is 5.02 Å². The Bertz CT molecular complexity index is 428. The molecule has 1 unspecified atom stereocenters. The zero-order valence-corrected chi connectivity index (χ0v) is 11.9. The highest BCUT2D eigenvalue weighted by Crippen LogP contribution is 2.42. The lowest BCUT2D eigenvalue weighted by molar-refractivity contribution is 0.353. The van der Waals surface area contributed by atoms with Gasteiger partial charge in [-0.05, 0) is 49.4 Å². The summed E-state index contributed by atoms with van der Waals surface area (Å²) in [6.45, 7) is 4.16. The Morgan fingerprint density at radius 2 is 2.11 bits per heavy atom. The van der Waals surface area contributed by atoms with Crippen molar-refractivity contribution in [3.05, 3.63) is 22.2 Å². The summed E-state index contributed by atoms with van der Waals surface area (Å²) in [5.74, 6) is 1.86. The van der Waals surface area contributed by atoms with Crippen molar-refractivity contribution in [3.63, 3.8) is 0 Å². The highest BCUT2D eigenvalue weighted by molar-refractivity contribution is 6.33. The predicted octanol–water partition coefficient (Wildman–Crippen LogP) is 3.13. The average molecular weight is 270 g/mol. The van der Waals surface area contributed by atoms with E-state index in [9.17, 15) is 0 Å². The molecule has 0 saturated carbocycles. The van der Waals surface area contributed by atoms with E-state index < -0.39 is 0 Å². The molecule has 1 saturated heterocycles. The fourth-order valence-electron chi connectivity index (χ4n) is 2.60. The Labute approximate surface area is 113 Å². The first-order chi connectivity index (χ1) is 8.69. The van der Waals surface area contributed by atoms with Gasteiger partial charge in [0.2, 0.25) is 0 Å². The highest BCUT2D eigenvalue weighted by atomic mass is 35.5. The van der Waals surface area contributed by atoms with Gasteiger partial charge in [0.1, 0.15) is 0 Å². The van der Waals surface area contributed by atoms with Gasteiger partial charge in [-0.3, -0.25) is 0 Å². The molecular weight excluding hydrogens is 250 g/mol. The second kappa shape index (κ2) is 5.81. The zero-order chi connectivity index (χ0) is 13.1. The lowest BCUT2D eigenvalue weighted by Crippen LogP contribution is -2.28. The van der Waals surface area contributed by atoms with Crippen molar-refractivity contribution < 1.29 is 9.47 Å². The van der Waals surface area contributed by atoms with E-state index in [1.54, 1.807) is 14.2 Å². The van der Waals surface area contributed by atoms with E-state index in [-0.39, 0.29) is 0 Å². The van der Waals surface area contributed by atoms with Crippen molar-refractivity contribution in [2.75, 3.05) is 27.3 Å². The fraction of sp³-hybridized carbons (Fsp3) is 0.571. The molecule has 0 spiro atoms. The summed E-state index contributed by atoms with van der Waals surface area (Å²) in [7, 11) is 3.26. The van der Waals surface area contributed by atoms with Gasteiger partial charge in [0.15, 0.2) is 11.5 Å². The van der Waals surface area contributed by atoms with Crippen LogP contribution in [0.25, 0.3) is 0 Å². The maximum absolute atomic E-state index is 6.38. The lowest BCUT2D eigenvalue weighted by atomic mass is 9.88. The minimum atomic E-state index is 0.510. The number of ether oxygens (including phenoxy) is 2. The molecule has 4 heteroatoms. The largest absolute Gasteiger partial charge is 0.493 e. The number of hydrogen-bond acceptors (Lipinski definition) is 3. The lowest BCUT2D eigenvalue weighted by Gasteiger charge is -2.26. The third kappa shape index (κ3) is 2.43. The van der Waals surface area contributed by atoms with Gasteiger partial charge in [0.05, 0.1) is 19.2 Å². The van der Waals surface area contributed by atoms with Crippen molar-refractivity contribution in [3.8, 4) is 11.5 Å². The van der Waals surface area contributed by atoms with Gasteiger partial charge in [0, 0.05) is 6.54 Å². The van der Waals surface area contributed by atoms with Crippen molar-refractivity contribution in [2.45, 2.75) is 25.7 Å². The first-order valence-electron chi connectivity index (χ1n) is 6.30. The molecule has 1 fully saturated rings. The summed E-state index contributed by atoms with van der Waals surface area (Å²) in [6.07, 6.45) is 2.40. The Balaban J connectivity index is 2.44. The first kappa shape index (κ1) is 13.5. The van der Waals surface area contributed by atoms with Crippen LogP contribution in [-0.4, -0.2) is 27.3 Å². The third-order valence-corrected chi connectivity index (χ3v) is 4.09. The number of rotatable bonds is 3. The quantitative estimate of drug-likeness (QED) is 0.915. The molecule has 1 aromatic carbocycles. The molecule has 3 nitrogen and oxygen atoms in total. The zero-order valence-electron chi connectivity index (χ0n) is 11.2. The Morgan fingerprint density at radius 3 is 2.67 bits per heavy atom. The summed E-state index contributed by atoms with van der Waals surface area (Å²) >= 11 is 6.38. The van der Waals surface area contributed by atoms with Gasteiger partial charge in [-0.2, -0.15) is 0 Å². The molecule has 1 heterocycles. The standard InChI is InChI=1S/C14H20ClNO2/c1-9-11(10-5-4-6-16-8-10)7-12(17-2)14(18-3)13(9)15/h7,10,16H,4-6,8H2,1-3H3. The van der Waals surface area contributed by atoms with E-state index in [2.05, 4.69) is 11.4 Å². The van der Waals surface area contributed by atoms with E-state index in [1.165, 1.54) is 18.4 Å². The summed E-state index contributed by atoms with van der Waals surface area (Å²) in [6, 6.07) is 2.07. The topological polar surface area (TPSA) is 30.5 Å². The number of halogens is 1. The van der Waals surface area contributed by atoms with E-state index in [0.717, 1.165) is 18.7 Å². The summed E-state index contributed by atoms with van der Waals surface area (Å²) < 4.78 is 10.7. The van der Waals surface area contributed by atoms with Gasteiger partial charge in [-0.1, -0.05) is 11.6 Å². The van der Waals surface area contributed by atoms with Gasteiger partial charge in [-0.15, -0.1) is 0 Å². The molecule has 1 aliphatic rings. The smallest absolute Gasteiger partial charge is 0.179 e. The number of methoxy groups -OCH3 is 2. The first-order valence-corrected chi connectivity index (χ1v) is 6.68. The van der Waals surface area contributed by atoms with Crippen LogP contribution in [0.5, 0.6) is 11.5 Å². The molecule has 18 heavy (non-hydrogen) atoms. The molecule has 1 N–H and O–H groups in total. The molecule has 1 aliphatic heterocycles. The van der Waals surface area contributed by atoms with Gasteiger partial charge in [0.25, 0.3) is 0 Å². The van der Waals surface area contributed by atoms with E-state index in [4.69, 9.17) is 21.1 Å². The molecule has 1 atom stereocenters. The minimum Gasteiger partial charge on any atom is -0.493 e. The van der Waals surface area contributed by atoms with Crippen LogP contribution in [0.15, 0.2) is 6.07 Å². The molecule has 2 rings (SSSR count). The molecule has 0 aromatic heterocycles. The third-order valence-electron chi connectivity index (χ3n) is 3.63. The predicted molar refractivity (Wildman–Crippen MR) is 74.1 cm³/mol. The normalized spacial score (nSPS) is 19.7. The molecule has 100 valence electrons. The Morgan fingerprint density at radius 1 is 1.33 bits per heavy atom. The number of benzene rings is 1. The van der Waals surface area contributed by atoms with Crippen LogP contribution in [0.4, 0.5) is 0 Å². The maximum Gasteiger partial charge on any atom is 0.179 e. The molecule has 1 aromatic rings. The summed E-state index contributed by atoms with van der Waals surface area (Å²) in [5.41, 5.74) is 2.37. The van der Waals surface area contributed by atoms with Gasteiger partial charge in [-0.25, -0.2) is 0 Å². The van der Waals surface area contributed by atoms with E-state index in [1.807, 2.05) is 6.92 Å². The molecule has 0 aliphatic carbocycles. The van der Waals surface area contributed by atoms with Crippen LogP contribution in [0.3, 0.4) is 0 Å². The van der Waals surface area contributed by atoms with Crippen molar-refractivity contribution >= 4 is 11.6 Å². The minimum absolute atomic E-state index is 0.510.